The average Bonchev–Trinajstić information content (AvgIpc) is 3.01. The Morgan fingerprint density at radius 1 is 1.18 bits per heavy atom. The first-order valence-electron chi connectivity index (χ1n) is 8.81. The number of rotatable bonds is 5. The van der Waals surface area contributed by atoms with Crippen molar-refractivity contribution < 1.29 is 17.6 Å². The van der Waals surface area contributed by atoms with E-state index in [2.05, 4.69) is 14.6 Å². The number of oxazole rings is 1. The molecular weight excluding hydrogens is 384 g/mol. The van der Waals surface area contributed by atoms with Gasteiger partial charge in [-0.15, -0.1) is 0 Å². The lowest BCUT2D eigenvalue weighted by molar-refractivity contribution is 0.122. The molecule has 0 amide bonds. The minimum absolute atomic E-state index is 0.0642. The molecule has 10 heteroatoms. The van der Waals surface area contributed by atoms with Crippen LogP contribution < -0.4 is 15.4 Å². The van der Waals surface area contributed by atoms with Crippen LogP contribution in [0.25, 0.3) is 11.1 Å². The number of hydrogen-bond donors (Lipinski definition) is 1. The van der Waals surface area contributed by atoms with E-state index < -0.39 is 15.8 Å². The molecule has 1 fully saturated rings. The standard InChI is InChI=1S/C18H20N4O5S/c1-21-15-10-14(3-4-16(15)27-18(21)23)28(24,25)20-12-13-2-5-17(19-11-13)22-6-8-26-9-7-22/h2-5,10-11,20H,6-9,12H2,1H3. The molecule has 2 aromatic heterocycles. The molecule has 0 radical (unpaired) electrons. The maximum atomic E-state index is 12.6. The van der Waals surface area contributed by atoms with Crippen molar-refractivity contribution in [3.05, 3.63) is 52.6 Å². The molecule has 28 heavy (non-hydrogen) atoms. The number of anilines is 1. The van der Waals surface area contributed by atoms with Crippen LogP contribution >= 0.6 is 0 Å². The van der Waals surface area contributed by atoms with Gasteiger partial charge in [0.2, 0.25) is 10.0 Å². The molecule has 4 rings (SSSR count). The van der Waals surface area contributed by atoms with Crippen molar-refractivity contribution in [2.24, 2.45) is 7.05 Å². The monoisotopic (exact) mass is 404 g/mol. The van der Waals surface area contributed by atoms with E-state index in [-0.39, 0.29) is 11.4 Å². The number of morpholine rings is 1. The summed E-state index contributed by atoms with van der Waals surface area (Å²) in [5.41, 5.74) is 1.51. The normalized spacial score (nSPS) is 15.2. The number of pyridine rings is 1. The van der Waals surface area contributed by atoms with E-state index in [4.69, 9.17) is 9.15 Å². The van der Waals surface area contributed by atoms with Crippen LogP contribution in [-0.4, -0.2) is 44.3 Å². The summed E-state index contributed by atoms with van der Waals surface area (Å²) >= 11 is 0. The van der Waals surface area contributed by atoms with E-state index >= 15 is 0 Å². The Morgan fingerprint density at radius 2 is 1.96 bits per heavy atom. The molecule has 1 aliphatic rings. The number of aryl methyl sites for hydroxylation is 1. The number of fused-ring (bicyclic) bond motifs is 1. The van der Waals surface area contributed by atoms with Gasteiger partial charge in [-0.1, -0.05) is 6.07 Å². The first-order valence-corrected chi connectivity index (χ1v) is 10.3. The molecule has 1 saturated heterocycles. The Labute approximate surface area is 161 Å². The Kier molecular flexibility index (Phi) is 4.92. The van der Waals surface area contributed by atoms with Gasteiger partial charge >= 0.3 is 5.76 Å². The summed E-state index contributed by atoms with van der Waals surface area (Å²) in [4.78, 5) is 18.2. The second kappa shape index (κ2) is 7.38. The van der Waals surface area contributed by atoms with E-state index in [0.717, 1.165) is 24.5 Å². The summed E-state index contributed by atoms with van der Waals surface area (Å²) in [7, 11) is -2.22. The van der Waals surface area contributed by atoms with Crippen LogP contribution in [-0.2, 0) is 28.4 Å². The Hall–Kier alpha value is -2.69. The lowest BCUT2D eigenvalue weighted by Gasteiger charge is -2.27. The van der Waals surface area contributed by atoms with E-state index in [1.165, 1.54) is 29.8 Å². The van der Waals surface area contributed by atoms with E-state index in [1.54, 1.807) is 6.20 Å². The van der Waals surface area contributed by atoms with E-state index in [9.17, 15) is 13.2 Å². The summed E-state index contributed by atoms with van der Waals surface area (Å²) in [5, 5.41) is 0. The fourth-order valence-electron chi connectivity index (χ4n) is 3.04. The highest BCUT2D eigenvalue weighted by Crippen LogP contribution is 2.18. The number of hydrogen-bond acceptors (Lipinski definition) is 7. The molecule has 0 aliphatic carbocycles. The van der Waals surface area contributed by atoms with Gasteiger partial charge in [0.15, 0.2) is 5.58 Å². The second-order valence-corrected chi connectivity index (χ2v) is 8.27. The van der Waals surface area contributed by atoms with Crippen LogP contribution in [0.5, 0.6) is 0 Å². The van der Waals surface area contributed by atoms with Gasteiger partial charge in [0.1, 0.15) is 5.82 Å². The molecule has 3 heterocycles. The van der Waals surface area contributed by atoms with Crippen LogP contribution in [0.4, 0.5) is 5.82 Å². The highest BCUT2D eigenvalue weighted by Gasteiger charge is 2.17. The molecule has 148 valence electrons. The average molecular weight is 404 g/mol. The number of nitrogens with one attached hydrogen (secondary N) is 1. The molecule has 1 aliphatic heterocycles. The quantitative estimate of drug-likeness (QED) is 0.672. The lowest BCUT2D eigenvalue weighted by atomic mass is 10.3. The van der Waals surface area contributed by atoms with E-state index in [0.29, 0.717) is 24.3 Å². The fraction of sp³-hybridized carbons (Fsp3) is 0.333. The zero-order valence-corrected chi connectivity index (χ0v) is 16.1. The molecule has 1 N–H and O–H groups in total. The van der Waals surface area contributed by atoms with Crippen molar-refractivity contribution >= 4 is 26.9 Å². The van der Waals surface area contributed by atoms with Crippen molar-refractivity contribution in [3.8, 4) is 0 Å². The summed E-state index contributed by atoms with van der Waals surface area (Å²) < 4.78 is 39.4. The van der Waals surface area contributed by atoms with Crippen LogP contribution in [0.15, 0.2) is 50.6 Å². The highest BCUT2D eigenvalue weighted by atomic mass is 32.2. The number of nitrogens with zero attached hydrogens (tertiary/aromatic N) is 3. The number of aromatic nitrogens is 2. The van der Waals surface area contributed by atoms with Crippen LogP contribution in [0.2, 0.25) is 0 Å². The van der Waals surface area contributed by atoms with Crippen molar-refractivity contribution in [3.63, 3.8) is 0 Å². The van der Waals surface area contributed by atoms with Gasteiger partial charge in [-0.2, -0.15) is 0 Å². The summed E-state index contributed by atoms with van der Waals surface area (Å²) in [6.07, 6.45) is 1.66. The van der Waals surface area contributed by atoms with E-state index in [1.807, 2.05) is 12.1 Å². The minimum atomic E-state index is -3.75. The first-order chi connectivity index (χ1) is 13.4. The van der Waals surface area contributed by atoms with Gasteiger partial charge < -0.3 is 14.1 Å². The van der Waals surface area contributed by atoms with Gasteiger partial charge in [0.25, 0.3) is 0 Å². The lowest BCUT2D eigenvalue weighted by Crippen LogP contribution is -2.36. The Balaban J connectivity index is 1.47. The predicted molar refractivity (Wildman–Crippen MR) is 103 cm³/mol. The van der Waals surface area contributed by atoms with Crippen molar-refractivity contribution in [1.29, 1.82) is 0 Å². The maximum absolute atomic E-state index is 12.6. The molecule has 0 spiro atoms. The molecular formula is C18H20N4O5S. The largest absolute Gasteiger partial charge is 0.419 e. The minimum Gasteiger partial charge on any atom is -0.408 e. The van der Waals surface area contributed by atoms with Crippen LogP contribution in [0, 0.1) is 0 Å². The number of sulfonamides is 1. The number of ether oxygens (including phenoxy) is 1. The SMILES string of the molecule is Cn1c(=O)oc2ccc(S(=O)(=O)NCc3ccc(N4CCOCC4)nc3)cc21. The molecule has 0 unspecified atom stereocenters. The summed E-state index contributed by atoms with van der Waals surface area (Å²) in [6.45, 7) is 3.04. The number of benzene rings is 1. The zero-order valence-electron chi connectivity index (χ0n) is 15.3. The molecule has 9 nitrogen and oxygen atoms in total. The van der Waals surface area contributed by atoms with Crippen molar-refractivity contribution in [2.45, 2.75) is 11.4 Å². The summed E-state index contributed by atoms with van der Waals surface area (Å²) in [6, 6.07) is 8.03. The van der Waals surface area contributed by atoms with Crippen LogP contribution in [0.3, 0.4) is 0 Å². The van der Waals surface area contributed by atoms with Gasteiger partial charge in [-0.3, -0.25) is 4.57 Å². The molecule has 3 aromatic rings. The van der Waals surface area contributed by atoms with Gasteiger partial charge in [-0.25, -0.2) is 22.9 Å². The van der Waals surface area contributed by atoms with Crippen molar-refractivity contribution in [2.75, 3.05) is 31.2 Å². The van der Waals surface area contributed by atoms with Crippen LogP contribution in [0.1, 0.15) is 5.56 Å². The third kappa shape index (κ3) is 3.66. The summed E-state index contributed by atoms with van der Waals surface area (Å²) in [5.74, 6) is 0.310. The fourth-order valence-corrected chi connectivity index (χ4v) is 4.07. The third-order valence-electron chi connectivity index (χ3n) is 4.68. The predicted octanol–water partition coefficient (Wildman–Crippen LogP) is 0.842. The second-order valence-electron chi connectivity index (χ2n) is 6.51. The Bertz CT molecular complexity index is 1140. The Morgan fingerprint density at radius 3 is 2.68 bits per heavy atom. The maximum Gasteiger partial charge on any atom is 0.419 e. The topological polar surface area (TPSA) is 107 Å². The molecule has 0 bridgehead atoms. The van der Waals surface area contributed by atoms with Gasteiger partial charge in [0.05, 0.1) is 23.6 Å². The molecule has 1 aromatic carbocycles. The van der Waals surface area contributed by atoms with Gasteiger partial charge in [-0.05, 0) is 29.8 Å². The van der Waals surface area contributed by atoms with Crippen molar-refractivity contribution in [1.82, 2.24) is 14.3 Å². The highest BCUT2D eigenvalue weighted by molar-refractivity contribution is 7.89. The molecule has 0 atom stereocenters. The molecule has 0 saturated carbocycles. The zero-order chi connectivity index (χ0) is 19.7. The van der Waals surface area contributed by atoms with Gasteiger partial charge in [0, 0.05) is 32.9 Å². The third-order valence-corrected chi connectivity index (χ3v) is 6.08. The first kappa shape index (κ1) is 18.7. The smallest absolute Gasteiger partial charge is 0.408 e.